The first kappa shape index (κ1) is 30.8. The molecule has 5 amide bonds. The van der Waals surface area contributed by atoms with Crippen LogP contribution < -0.4 is 33.2 Å². The molecule has 1 aromatic carbocycles. The van der Waals surface area contributed by atoms with Crippen LogP contribution in [0.1, 0.15) is 38.7 Å². The summed E-state index contributed by atoms with van der Waals surface area (Å²) in [6, 6.07) is 0.477. The maximum atomic E-state index is 13.0. The lowest BCUT2D eigenvalue weighted by molar-refractivity contribution is -0.142. The van der Waals surface area contributed by atoms with Gasteiger partial charge >= 0.3 is 5.97 Å². The zero-order valence-corrected chi connectivity index (χ0v) is 20.6. The highest BCUT2D eigenvalue weighted by molar-refractivity contribution is 5.95. The van der Waals surface area contributed by atoms with Gasteiger partial charge in [0.25, 0.3) is 0 Å². The van der Waals surface area contributed by atoms with E-state index >= 15 is 0 Å². The van der Waals surface area contributed by atoms with Crippen molar-refractivity contribution in [1.29, 1.82) is 0 Å². The molecule has 1 aromatic rings. The molecule has 0 aromatic heterocycles. The van der Waals surface area contributed by atoms with E-state index in [0.717, 1.165) is 0 Å². The Morgan fingerprint density at radius 3 is 1.89 bits per heavy atom. The molecule has 0 radical (unpaired) electrons. The van der Waals surface area contributed by atoms with E-state index in [1.807, 2.05) is 0 Å². The van der Waals surface area contributed by atoms with Crippen molar-refractivity contribution in [3.05, 3.63) is 29.8 Å². The standard InChI is InChI=1S/C23H34N6O8/c1-11(2)19(29-20(33)14(24)10-18(26)32)22(35)27-15(7-8-17(25)31)21(34)28-16(23(36)37)9-12-3-5-13(30)6-4-12/h3-6,11,14-16,19,30H,7-10,24H2,1-2H3,(H2,25,31)(H2,26,32)(H,27,35)(H,28,34)(H,29,33)(H,36,37). The molecule has 0 heterocycles. The molecular formula is C23H34N6O8. The summed E-state index contributed by atoms with van der Waals surface area (Å²) in [6.07, 6.45) is -1.10. The minimum Gasteiger partial charge on any atom is -0.508 e. The average molecular weight is 523 g/mol. The molecule has 0 saturated carbocycles. The zero-order valence-electron chi connectivity index (χ0n) is 20.6. The first-order chi connectivity index (χ1) is 17.2. The molecule has 0 saturated heterocycles. The van der Waals surface area contributed by atoms with Crippen molar-refractivity contribution in [3.63, 3.8) is 0 Å². The molecule has 0 spiro atoms. The Kier molecular flexibility index (Phi) is 12.0. The minimum atomic E-state index is -1.39. The summed E-state index contributed by atoms with van der Waals surface area (Å²) >= 11 is 0. The Morgan fingerprint density at radius 2 is 1.41 bits per heavy atom. The van der Waals surface area contributed by atoms with Gasteiger partial charge in [-0.05, 0) is 30.0 Å². The number of hydrogen-bond acceptors (Lipinski definition) is 8. The fraction of sp³-hybridized carbons (Fsp3) is 0.478. The van der Waals surface area contributed by atoms with Crippen LogP contribution in [0, 0.1) is 5.92 Å². The van der Waals surface area contributed by atoms with Gasteiger partial charge in [0, 0.05) is 12.8 Å². The Hall–Kier alpha value is -4.20. The number of amides is 5. The lowest BCUT2D eigenvalue weighted by atomic mass is 10.0. The fourth-order valence-electron chi connectivity index (χ4n) is 3.26. The van der Waals surface area contributed by atoms with Gasteiger partial charge in [-0.25, -0.2) is 4.79 Å². The molecule has 4 unspecified atom stereocenters. The van der Waals surface area contributed by atoms with Crippen LogP contribution in [0.2, 0.25) is 0 Å². The number of phenolic OH excluding ortho intramolecular Hbond substituents is 1. The third-order valence-corrected chi connectivity index (χ3v) is 5.31. The highest BCUT2D eigenvalue weighted by Crippen LogP contribution is 2.12. The lowest BCUT2D eigenvalue weighted by Crippen LogP contribution is -2.58. The van der Waals surface area contributed by atoms with Crippen LogP contribution in [0.15, 0.2) is 24.3 Å². The van der Waals surface area contributed by atoms with E-state index < -0.39 is 72.0 Å². The largest absolute Gasteiger partial charge is 0.508 e. The van der Waals surface area contributed by atoms with Gasteiger partial charge in [0.2, 0.25) is 29.5 Å². The third kappa shape index (κ3) is 10.9. The van der Waals surface area contributed by atoms with Crippen LogP contribution in [0.4, 0.5) is 0 Å². The van der Waals surface area contributed by atoms with E-state index in [2.05, 4.69) is 16.0 Å². The number of hydrogen-bond donors (Lipinski definition) is 8. The van der Waals surface area contributed by atoms with Crippen molar-refractivity contribution < 1.29 is 39.0 Å². The van der Waals surface area contributed by atoms with E-state index in [0.29, 0.717) is 5.56 Å². The number of benzene rings is 1. The number of primary amides is 2. The Bertz CT molecular complexity index is 997. The van der Waals surface area contributed by atoms with E-state index in [1.165, 1.54) is 24.3 Å². The summed E-state index contributed by atoms with van der Waals surface area (Å²) in [7, 11) is 0. The van der Waals surface area contributed by atoms with Gasteiger partial charge < -0.3 is 43.4 Å². The van der Waals surface area contributed by atoms with Gasteiger partial charge in [0.1, 0.15) is 23.9 Å². The molecule has 4 atom stereocenters. The molecule has 0 bridgehead atoms. The van der Waals surface area contributed by atoms with Crippen molar-refractivity contribution in [2.24, 2.45) is 23.1 Å². The number of carbonyl (C=O) groups excluding carboxylic acids is 5. The first-order valence-corrected chi connectivity index (χ1v) is 11.4. The predicted octanol–water partition coefficient (Wildman–Crippen LogP) is -2.40. The molecule has 14 heteroatoms. The van der Waals surface area contributed by atoms with Crippen molar-refractivity contribution in [2.45, 2.75) is 63.7 Å². The van der Waals surface area contributed by atoms with E-state index in [1.54, 1.807) is 13.8 Å². The van der Waals surface area contributed by atoms with Crippen molar-refractivity contribution in [2.75, 3.05) is 0 Å². The number of aliphatic carboxylic acids is 1. The van der Waals surface area contributed by atoms with Crippen LogP contribution in [0.3, 0.4) is 0 Å². The van der Waals surface area contributed by atoms with Crippen LogP contribution >= 0.6 is 0 Å². The van der Waals surface area contributed by atoms with Gasteiger partial charge in [0.05, 0.1) is 12.5 Å². The lowest BCUT2D eigenvalue weighted by Gasteiger charge is -2.27. The molecule has 204 valence electrons. The first-order valence-electron chi connectivity index (χ1n) is 11.4. The van der Waals surface area contributed by atoms with Gasteiger partial charge in [-0.1, -0.05) is 26.0 Å². The molecule has 14 nitrogen and oxygen atoms in total. The average Bonchev–Trinajstić information content (AvgIpc) is 2.79. The topological polar surface area (TPSA) is 257 Å². The van der Waals surface area contributed by atoms with Crippen LogP contribution in [-0.2, 0) is 35.2 Å². The van der Waals surface area contributed by atoms with E-state index in [4.69, 9.17) is 17.2 Å². The molecule has 0 aliphatic carbocycles. The third-order valence-electron chi connectivity index (χ3n) is 5.31. The molecule has 11 N–H and O–H groups in total. The number of phenols is 1. The SMILES string of the molecule is CC(C)C(NC(=O)C(N)CC(N)=O)C(=O)NC(CCC(N)=O)C(=O)NC(Cc1ccc(O)cc1)C(=O)O. The number of nitrogens with two attached hydrogens (primary N) is 3. The summed E-state index contributed by atoms with van der Waals surface area (Å²) in [6.45, 7) is 3.22. The second-order valence-electron chi connectivity index (χ2n) is 8.84. The van der Waals surface area contributed by atoms with Gasteiger partial charge in [0.15, 0.2) is 0 Å². The summed E-state index contributed by atoms with van der Waals surface area (Å²) in [5, 5.41) is 26.1. The number of aromatic hydroxyl groups is 1. The summed E-state index contributed by atoms with van der Waals surface area (Å²) < 4.78 is 0. The fourth-order valence-corrected chi connectivity index (χ4v) is 3.26. The molecule has 0 fully saturated rings. The highest BCUT2D eigenvalue weighted by atomic mass is 16.4. The minimum absolute atomic E-state index is 0.0173. The Labute approximate surface area is 213 Å². The molecular weight excluding hydrogens is 488 g/mol. The smallest absolute Gasteiger partial charge is 0.326 e. The normalized spacial score (nSPS) is 14.1. The number of nitrogens with one attached hydrogen (secondary N) is 3. The van der Waals surface area contributed by atoms with E-state index in [-0.39, 0.29) is 25.0 Å². The predicted molar refractivity (Wildman–Crippen MR) is 130 cm³/mol. The van der Waals surface area contributed by atoms with Gasteiger partial charge in [-0.15, -0.1) is 0 Å². The van der Waals surface area contributed by atoms with Crippen LogP contribution in [-0.4, -0.2) is 69.9 Å². The Morgan fingerprint density at radius 1 is 0.838 bits per heavy atom. The Balaban J connectivity index is 3.03. The highest BCUT2D eigenvalue weighted by Gasteiger charge is 2.32. The van der Waals surface area contributed by atoms with Crippen LogP contribution in [0.5, 0.6) is 5.75 Å². The van der Waals surface area contributed by atoms with Crippen molar-refractivity contribution in [1.82, 2.24) is 16.0 Å². The second-order valence-corrected chi connectivity index (χ2v) is 8.84. The number of carboxylic acid groups (broad SMARTS) is 1. The maximum Gasteiger partial charge on any atom is 0.326 e. The van der Waals surface area contributed by atoms with Crippen molar-refractivity contribution >= 4 is 35.5 Å². The van der Waals surface area contributed by atoms with Crippen molar-refractivity contribution in [3.8, 4) is 5.75 Å². The molecule has 0 aliphatic rings. The van der Waals surface area contributed by atoms with Crippen LogP contribution in [0.25, 0.3) is 0 Å². The molecule has 0 aliphatic heterocycles. The number of rotatable bonds is 15. The number of carboxylic acids is 1. The zero-order chi connectivity index (χ0) is 28.3. The number of carbonyl (C=O) groups is 6. The molecule has 37 heavy (non-hydrogen) atoms. The second kappa shape index (κ2) is 14.4. The van der Waals surface area contributed by atoms with E-state index in [9.17, 15) is 39.0 Å². The van der Waals surface area contributed by atoms with Gasteiger partial charge in [-0.2, -0.15) is 0 Å². The summed E-state index contributed by atoms with van der Waals surface area (Å²) in [5.74, 6) is -5.91. The summed E-state index contributed by atoms with van der Waals surface area (Å²) in [4.78, 5) is 72.3. The maximum absolute atomic E-state index is 13.0. The monoisotopic (exact) mass is 522 g/mol. The van der Waals surface area contributed by atoms with Gasteiger partial charge in [-0.3, -0.25) is 24.0 Å². The quantitative estimate of drug-likeness (QED) is 0.122. The summed E-state index contributed by atoms with van der Waals surface area (Å²) in [5.41, 5.74) is 16.4. The molecule has 1 rings (SSSR count).